The number of hydrogen-bond acceptors (Lipinski definition) is 4. The first-order valence-electron chi connectivity index (χ1n) is 11.2. The molecule has 166 valence electrons. The molecule has 4 fully saturated rings. The van der Waals surface area contributed by atoms with Gasteiger partial charge in [0.05, 0.1) is 16.5 Å². The summed E-state index contributed by atoms with van der Waals surface area (Å²) < 4.78 is 2.20. The second-order valence-electron chi connectivity index (χ2n) is 9.70. The Bertz CT molecular complexity index is 957. The largest absolute Gasteiger partial charge is 0.324 e. The van der Waals surface area contributed by atoms with Gasteiger partial charge in [0, 0.05) is 18.0 Å². The van der Waals surface area contributed by atoms with Gasteiger partial charge in [-0.25, -0.2) is 0 Å². The molecule has 0 atom stereocenters. The van der Waals surface area contributed by atoms with Gasteiger partial charge in [-0.2, -0.15) is 0 Å². The molecule has 4 aliphatic carbocycles. The van der Waals surface area contributed by atoms with Crippen molar-refractivity contribution in [1.82, 2.24) is 14.8 Å². The summed E-state index contributed by atoms with van der Waals surface area (Å²) in [7, 11) is 0. The predicted molar refractivity (Wildman–Crippen MR) is 126 cm³/mol. The SMILES string of the molecule is CCn1c(CC23CC4CC(CC(C4)C2)C3)nnc1SCC(=O)Nc1cc(Cl)ccc1Cl. The fraction of sp³-hybridized carbons (Fsp3) is 0.609. The first kappa shape index (κ1) is 21.6. The second kappa shape index (κ2) is 8.60. The Morgan fingerprint density at radius 1 is 1.16 bits per heavy atom. The lowest BCUT2D eigenvalue weighted by molar-refractivity contribution is -0.113. The van der Waals surface area contributed by atoms with Crippen molar-refractivity contribution in [3.63, 3.8) is 0 Å². The van der Waals surface area contributed by atoms with E-state index in [4.69, 9.17) is 23.2 Å². The molecule has 4 saturated carbocycles. The Morgan fingerprint density at radius 3 is 2.48 bits per heavy atom. The van der Waals surface area contributed by atoms with Crippen LogP contribution in [0.3, 0.4) is 0 Å². The van der Waals surface area contributed by atoms with Crippen LogP contribution in [0.5, 0.6) is 0 Å². The predicted octanol–water partition coefficient (Wildman–Crippen LogP) is 6.09. The molecule has 4 bridgehead atoms. The van der Waals surface area contributed by atoms with Crippen LogP contribution in [0, 0.1) is 23.2 Å². The highest BCUT2D eigenvalue weighted by Gasteiger charge is 2.51. The number of carbonyl (C=O) groups excluding carboxylic acids is 1. The van der Waals surface area contributed by atoms with Gasteiger partial charge in [0.1, 0.15) is 5.82 Å². The quantitative estimate of drug-likeness (QED) is 0.488. The van der Waals surface area contributed by atoms with E-state index in [9.17, 15) is 4.79 Å². The van der Waals surface area contributed by atoms with Crippen LogP contribution < -0.4 is 5.32 Å². The molecule has 1 heterocycles. The molecule has 1 aromatic carbocycles. The number of benzene rings is 1. The molecule has 1 N–H and O–H groups in total. The number of carbonyl (C=O) groups is 1. The molecule has 0 spiro atoms. The van der Waals surface area contributed by atoms with Crippen LogP contribution in [0.25, 0.3) is 0 Å². The number of thioether (sulfide) groups is 1. The number of aromatic nitrogens is 3. The molecule has 6 rings (SSSR count). The van der Waals surface area contributed by atoms with Gasteiger partial charge in [-0.05, 0) is 86.8 Å². The molecule has 0 unspecified atom stereocenters. The zero-order valence-corrected chi connectivity index (χ0v) is 20.1. The van der Waals surface area contributed by atoms with Crippen LogP contribution in [0.2, 0.25) is 10.0 Å². The molecule has 2 aromatic rings. The average molecular weight is 479 g/mol. The number of rotatable bonds is 7. The summed E-state index contributed by atoms with van der Waals surface area (Å²) in [6.07, 6.45) is 9.47. The standard InChI is InChI=1S/C23H28Cl2N4OS/c1-2-29-20(12-23-9-14-5-15(10-23)7-16(6-14)11-23)27-28-22(29)31-13-21(30)26-19-8-17(24)3-4-18(19)25/h3-4,8,14-16H,2,5-7,9-13H2,1H3,(H,26,30). The lowest BCUT2D eigenvalue weighted by Crippen LogP contribution is -2.47. The number of anilines is 1. The second-order valence-corrected chi connectivity index (χ2v) is 11.5. The summed E-state index contributed by atoms with van der Waals surface area (Å²) in [6.45, 7) is 2.95. The van der Waals surface area contributed by atoms with E-state index >= 15 is 0 Å². The van der Waals surface area contributed by atoms with E-state index < -0.39 is 0 Å². The number of nitrogens with one attached hydrogen (secondary N) is 1. The molecule has 1 aromatic heterocycles. The molecule has 4 aliphatic rings. The van der Waals surface area contributed by atoms with Gasteiger partial charge in [0.15, 0.2) is 5.16 Å². The Kier molecular flexibility index (Phi) is 5.99. The molecule has 5 nitrogen and oxygen atoms in total. The number of halogens is 2. The maximum Gasteiger partial charge on any atom is 0.234 e. The minimum absolute atomic E-state index is 0.137. The fourth-order valence-electron chi connectivity index (χ4n) is 6.63. The summed E-state index contributed by atoms with van der Waals surface area (Å²) in [4.78, 5) is 12.5. The van der Waals surface area contributed by atoms with Crippen LogP contribution in [-0.4, -0.2) is 26.4 Å². The third kappa shape index (κ3) is 4.49. The molecule has 0 saturated heterocycles. The minimum Gasteiger partial charge on any atom is -0.324 e. The summed E-state index contributed by atoms with van der Waals surface area (Å²) in [5.74, 6) is 3.99. The van der Waals surface area contributed by atoms with E-state index in [2.05, 4.69) is 27.0 Å². The number of nitrogens with zero attached hydrogens (tertiary/aromatic N) is 3. The van der Waals surface area contributed by atoms with Crippen molar-refractivity contribution in [2.45, 2.75) is 63.6 Å². The van der Waals surface area contributed by atoms with E-state index in [1.54, 1.807) is 18.2 Å². The fourth-order valence-corrected chi connectivity index (χ4v) is 7.78. The number of amides is 1. The van der Waals surface area contributed by atoms with Crippen LogP contribution in [-0.2, 0) is 17.8 Å². The highest BCUT2D eigenvalue weighted by Crippen LogP contribution is 2.61. The van der Waals surface area contributed by atoms with Gasteiger partial charge in [-0.1, -0.05) is 35.0 Å². The lowest BCUT2D eigenvalue weighted by Gasteiger charge is -2.56. The highest BCUT2D eigenvalue weighted by molar-refractivity contribution is 7.99. The van der Waals surface area contributed by atoms with Gasteiger partial charge in [0.25, 0.3) is 0 Å². The normalized spacial score (nSPS) is 28.8. The lowest BCUT2D eigenvalue weighted by atomic mass is 9.49. The Balaban J connectivity index is 1.24. The monoisotopic (exact) mass is 478 g/mol. The van der Waals surface area contributed by atoms with Gasteiger partial charge in [-0.3, -0.25) is 4.79 Å². The maximum absolute atomic E-state index is 12.5. The maximum atomic E-state index is 12.5. The van der Waals surface area contributed by atoms with Crippen LogP contribution in [0.15, 0.2) is 23.4 Å². The van der Waals surface area contributed by atoms with Gasteiger partial charge >= 0.3 is 0 Å². The summed E-state index contributed by atoms with van der Waals surface area (Å²) in [6, 6.07) is 5.03. The third-order valence-corrected chi connectivity index (χ3v) is 8.87. The number of hydrogen-bond donors (Lipinski definition) is 1. The van der Waals surface area contributed by atoms with Crippen molar-refractivity contribution < 1.29 is 4.79 Å². The summed E-state index contributed by atoms with van der Waals surface area (Å²) >= 11 is 13.6. The zero-order chi connectivity index (χ0) is 21.6. The van der Waals surface area contributed by atoms with E-state index in [1.165, 1.54) is 50.3 Å². The van der Waals surface area contributed by atoms with Crippen molar-refractivity contribution in [3.8, 4) is 0 Å². The molecular formula is C23H28Cl2N4OS. The topological polar surface area (TPSA) is 59.8 Å². The third-order valence-electron chi connectivity index (χ3n) is 7.34. The molecular weight excluding hydrogens is 451 g/mol. The Hall–Kier alpha value is -1.24. The highest BCUT2D eigenvalue weighted by atomic mass is 35.5. The van der Waals surface area contributed by atoms with Gasteiger partial charge in [-0.15, -0.1) is 10.2 Å². The van der Waals surface area contributed by atoms with Crippen molar-refractivity contribution in [2.24, 2.45) is 23.2 Å². The first-order valence-corrected chi connectivity index (χ1v) is 13.0. The summed E-state index contributed by atoms with van der Waals surface area (Å²) in [5.41, 5.74) is 0.955. The van der Waals surface area contributed by atoms with Crippen molar-refractivity contribution in [3.05, 3.63) is 34.1 Å². The van der Waals surface area contributed by atoms with Crippen molar-refractivity contribution in [2.75, 3.05) is 11.1 Å². The van der Waals surface area contributed by atoms with Gasteiger partial charge in [0.2, 0.25) is 5.91 Å². The van der Waals surface area contributed by atoms with Crippen molar-refractivity contribution in [1.29, 1.82) is 0 Å². The van der Waals surface area contributed by atoms with Crippen molar-refractivity contribution >= 4 is 46.6 Å². The van der Waals surface area contributed by atoms with Gasteiger partial charge < -0.3 is 9.88 Å². The summed E-state index contributed by atoms with van der Waals surface area (Å²) in [5, 5.41) is 13.7. The van der Waals surface area contributed by atoms with E-state index in [-0.39, 0.29) is 11.7 Å². The first-order chi connectivity index (χ1) is 14.9. The molecule has 8 heteroatoms. The van der Waals surface area contributed by atoms with Crippen LogP contribution >= 0.6 is 35.0 Å². The smallest absolute Gasteiger partial charge is 0.234 e. The van der Waals surface area contributed by atoms with E-state index in [0.717, 1.165) is 41.7 Å². The average Bonchev–Trinajstić information content (AvgIpc) is 3.09. The van der Waals surface area contributed by atoms with E-state index in [1.807, 2.05) is 0 Å². The van der Waals surface area contributed by atoms with Crippen LogP contribution in [0.1, 0.15) is 51.3 Å². The Morgan fingerprint density at radius 2 is 1.84 bits per heavy atom. The minimum atomic E-state index is -0.137. The molecule has 0 radical (unpaired) electrons. The molecule has 0 aliphatic heterocycles. The van der Waals surface area contributed by atoms with E-state index in [0.29, 0.717) is 21.1 Å². The van der Waals surface area contributed by atoms with Crippen LogP contribution in [0.4, 0.5) is 5.69 Å². The molecule has 1 amide bonds. The molecule has 31 heavy (non-hydrogen) atoms. The zero-order valence-electron chi connectivity index (χ0n) is 17.7. The Labute approximate surface area is 197 Å².